The van der Waals surface area contributed by atoms with Crippen molar-refractivity contribution in [3.8, 4) is 0 Å². The lowest BCUT2D eigenvalue weighted by Gasteiger charge is -2.15. The molecule has 1 aliphatic heterocycles. The number of aliphatic hydroxyl groups is 1. The van der Waals surface area contributed by atoms with Gasteiger partial charge in [-0.1, -0.05) is 0 Å². The van der Waals surface area contributed by atoms with Crippen molar-refractivity contribution in [2.24, 2.45) is 0 Å². The molecular weight excluding hydrogens is 359 g/mol. The number of nitrogens with one attached hydrogen (secondary N) is 1. The van der Waals surface area contributed by atoms with E-state index in [9.17, 15) is 19.3 Å². The summed E-state index contributed by atoms with van der Waals surface area (Å²) in [6.07, 6.45) is -1.20. The van der Waals surface area contributed by atoms with Gasteiger partial charge in [-0.05, 0) is 15.9 Å². The van der Waals surface area contributed by atoms with Crippen LogP contribution in [0.3, 0.4) is 0 Å². The van der Waals surface area contributed by atoms with E-state index >= 15 is 0 Å². The fourth-order valence-electron chi connectivity index (χ4n) is 1.86. The molecule has 0 spiro atoms. The van der Waals surface area contributed by atoms with Gasteiger partial charge in [0.05, 0.1) is 17.2 Å². The Labute approximate surface area is 121 Å². The fourth-order valence-corrected chi connectivity index (χ4v) is 2.49. The molecule has 2 heterocycles. The second-order valence-electron chi connectivity index (χ2n) is 4.15. The molecule has 0 amide bonds. The minimum atomic E-state index is -3.11. The Balaban J connectivity index is 2.16. The third-order valence-electron chi connectivity index (χ3n) is 2.81. The van der Waals surface area contributed by atoms with Crippen LogP contribution < -0.4 is 11.2 Å². The van der Waals surface area contributed by atoms with Crippen LogP contribution in [-0.2, 0) is 13.8 Å². The third kappa shape index (κ3) is 3.46. The van der Waals surface area contributed by atoms with E-state index in [4.69, 9.17) is 9.63 Å². The highest BCUT2D eigenvalue weighted by molar-refractivity contribution is 9.10. The molecule has 1 fully saturated rings. The zero-order chi connectivity index (χ0) is 14.9. The van der Waals surface area contributed by atoms with E-state index in [0.29, 0.717) is 0 Å². The molecule has 3 N–H and O–H groups in total. The van der Waals surface area contributed by atoms with Gasteiger partial charge in [-0.3, -0.25) is 18.9 Å². The van der Waals surface area contributed by atoms with Crippen LogP contribution in [0.15, 0.2) is 20.3 Å². The molecule has 4 unspecified atom stereocenters. The van der Waals surface area contributed by atoms with Crippen molar-refractivity contribution in [2.75, 3.05) is 6.61 Å². The molecule has 0 saturated carbocycles. The standard InChI is InChI=1S/C9H12BrN2O7P/c10-4-2-12(9(15)11-8(4)14)7-1-5(13)6(19-7)3-18-20(16)17/h2,5-7,13,20H,1,3H2,(H,16,17)(H,11,14,15). The average Bonchev–Trinajstić information content (AvgIpc) is 2.72. The maximum atomic E-state index is 11.7. The first kappa shape index (κ1) is 15.6. The maximum Gasteiger partial charge on any atom is 0.330 e. The van der Waals surface area contributed by atoms with Crippen LogP contribution in [0.1, 0.15) is 12.6 Å². The van der Waals surface area contributed by atoms with Crippen LogP contribution in [0.2, 0.25) is 0 Å². The lowest BCUT2D eigenvalue weighted by molar-refractivity contribution is -0.0413. The summed E-state index contributed by atoms with van der Waals surface area (Å²) in [5.74, 6) is 0. The van der Waals surface area contributed by atoms with Gasteiger partial charge in [0.2, 0.25) is 0 Å². The predicted molar refractivity (Wildman–Crippen MR) is 70.7 cm³/mol. The van der Waals surface area contributed by atoms with Crippen molar-refractivity contribution in [3.05, 3.63) is 31.5 Å². The normalized spacial score (nSPS) is 27.6. The molecule has 9 nitrogen and oxygen atoms in total. The van der Waals surface area contributed by atoms with Crippen molar-refractivity contribution in [2.45, 2.75) is 24.9 Å². The van der Waals surface area contributed by atoms with Gasteiger partial charge >= 0.3 is 13.9 Å². The highest BCUT2D eigenvalue weighted by Crippen LogP contribution is 2.29. The molecule has 1 aliphatic rings. The van der Waals surface area contributed by atoms with Crippen LogP contribution in [0, 0.1) is 0 Å². The van der Waals surface area contributed by atoms with Gasteiger partial charge in [0, 0.05) is 12.6 Å². The molecular formula is C9H12BrN2O7P. The first-order chi connectivity index (χ1) is 9.38. The minimum Gasteiger partial charge on any atom is -0.390 e. The highest BCUT2D eigenvalue weighted by Gasteiger charge is 2.36. The van der Waals surface area contributed by atoms with Crippen molar-refractivity contribution in [3.63, 3.8) is 0 Å². The first-order valence-corrected chi connectivity index (χ1v) is 7.64. The average molecular weight is 371 g/mol. The molecule has 20 heavy (non-hydrogen) atoms. The number of hydrogen-bond donors (Lipinski definition) is 3. The van der Waals surface area contributed by atoms with Crippen LogP contribution in [0.25, 0.3) is 0 Å². The van der Waals surface area contributed by atoms with Gasteiger partial charge < -0.3 is 19.3 Å². The number of aromatic amines is 1. The van der Waals surface area contributed by atoms with E-state index in [1.165, 1.54) is 6.20 Å². The topological polar surface area (TPSA) is 131 Å². The largest absolute Gasteiger partial charge is 0.390 e. The molecule has 1 aromatic rings. The number of halogens is 1. The number of nitrogens with zero attached hydrogens (tertiary/aromatic N) is 1. The summed E-state index contributed by atoms with van der Waals surface area (Å²) in [5, 5.41) is 9.77. The van der Waals surface area contributed by atoms with Crippen LogP contribution in [-0.4, -0.2) is 38.4 Å². The van der Waals surface area contributed by atoms with E-state index in [1.54, 1.807) is 0 Å². The fraction of sp³-hybridized carbons (Fsp3) is 0.556. The minimum absolute atomic E-state index is 0.0960. The summed E-state index contributed by atoms with van der Waals surface area (Å²) in [4.78, 5) is 33.6. The van der Waals surface area contributed by atoms with Crippen LogP contribution in [0.4, 0.5) is 0 Å². The number of hydrogen-bond acceptors (Lipinski definition) is 6. The second kappa shape index (κ2) is 6.33. The number of rotatable bonds is 4. The number of ether oxygens (including phenoxy) is 1. The maximum absolute atomic E-state index is 11.7. The van der Waals surface area contributed by atoms with Gasteiger partial charge in [-0.15, -0.1) is 0 Å². The lowest BCUT2D eigenvalue weighted by atomic mass is 10.2. The third-order valence-corrected chi connectivity index (χ3v) is 3.79. The van der Waals surface area contributed by atoms with Crippen molar-refractivity contribution in [1.82, 2.24) is 9.55 Å². The van der Waals surface area contributed by atoms with Gasteiger partial charge in [-0.2, -0.15) is 0 Å². The molecule has 0 aromatic carbocycles. The lowest BCUT2D eigenvalue weighted by Crippen LogP contribution is -2.32. The quantitative estimate of drug-likeness (QED) is 0.600. The van der Waals surface area contributed by atoms with E-state index in [2.05, 4.69) is 25.4 Å². The molecule has 0 radical (unpaired) electrons. The van der Waals surface area contributed by atoms with Crippen molar-refractivity contribution < 1.29 is 23.8 Å². The summed E-state index contributed by atoms with van der Waals surface area (Å²) in [5.41, 5.74) is -1.24. The van der Waals surface area contributed by atoms with Gasteiger partial charge in [0.25, 0.3) is 5.56 Å². The van der Waals surface area contributed by atoms with Gasteiger partial charge in [-0.25, -0.2) is 4.79 Å². The molecule has 112 valence electrons. The van der Waals surface area contributed by atoms with E-state index < -0.39 is 37.9 Å². The Morgan fingerprint density at radius 3 is 2.95 bits per heavy atom. The van der Waals surface area contributed by atoms with E-state index in [0.717, 1.165) is 4.57 Å². The summed E-state index contributed by atoms with van der Waals surface area (Å²) >= 11 is 2.99. The monoisotopic (exact) mass is 370 g/mol. The molecule has 4 atom stereocenters. The summed E-state index contributed by atoms with van der Waals surface area (Å²) < 4.78 is 21.7. The molecule has 11 heteroatoms. The number of H-pyrrole nitrogens is 1. The zero-order valence-electron chi connectivity index (χ0n) is 9.98. The Hall–Kier alpha value is -0.770. The smallest absolute Gasteiger partial charge is 0.330 e. The van der Waals surface area contributed by atoms with Gasteiger partial charge in [0.15, 0.2) is 0 Å². The van der Waals surface area contributed by atoms with Crippen LogP contribution >= 0.6 is 24.2 Å². The summed E-state index contributed by atoms with van der Waals surface area (Å²) in [6, 6.07) is 0. The number of aromatic nitrogens is 2. The molecule has 1 saturated heterocycles. The summed E-state index contributed by atoms with van der Waals surface area (Å²) in [7, 11) is -3.11. The second-order valence-corrected chi connectivity index (χ2v) is 5.83. The zero-order valence-corrected chi connectivity index (χ0v) is 12.6. The SMILES string of the molecule is O=c1[nH]c(=O)n(C2CC(O)C(CO[PH](=O)O)O2)cc1Br. The van der Waals surface area contributed by atoms with E-state index in [-0.39, 0.29) is 17.5 Å². The van der Waals surface area contributed by atoms with Gasteiger partial charge in [0.1, 0.15) is 12.3 Å². The first-order valence-electron chi connectivity index (χ1n) is 5.58. The molecule has 1 aromatic heterocycles. The predicted octanol–water partition coefficient (Wildman–Crippen LogP) is -0.654. The van der Waals surface area contributed by atoms with Crippen LogP contribution in [0.5, 0.6) is 0 Å². The number of aliphatic hydroxyl groups excluding tert-OH is 1. The molecule has 2 rings (SSSR count). The van der Waals surface area contributed by atoms with Crippen molar-refractivity contribution >= 4 is 24.2 Å². The van der Waals surface area contributed by atoms with Crippen molar-refractivity contribution in [1.29, 1.82) is 0 Å². The molecule has 0 bridgehead atoms. The Morgan fingerprint density at radius 1 is 1.60 bits per heavy atom. The Kier molecular flexibility index (Phi) is 4.95. The summed E-state index contributed by atoms with van der Waals surface area (Å²) in [6.45, 7) is -0.259. The molecule has 0 aliphatic carbocycles. The Morgan fingerprint density at radius 2 is 2.30 bits per heavy atom. The van der Waals surface area contributed by atoms with E-state index in [1.807, 2.05) is 0 Å². The Bertz CT molecular complexity index is 629. The highest BCUT2D eigenvalue weighted by atomic mass is 79.9.